The van der Waals surface area contributed by atoms with Gasteiger partial charge in [-0.25, -0.2) is 0 Å². The normalized spacial score (nSPS) is 9.81. The minimum atomic E-state index is -0.698. The van der Waals surface area contributed by atoms with Gasteiger partial charge in [0.05, 0.1) is 4.92 Å². The van der Waals surface area contributed by atoms with E-state index in [9.17, 15) is 24.5 Å². The maximum Gasteiger partial charge on any atom is 0.310 e. The highest BCUT2D eigenvalue weighted by molar-refractivity contribution is 5.96. The van der Waals surface area contributed by atoms with Gasteiger partial charge in [-0.3, -0.25) is 35.3 Å². The molecule has 0 saturated heterocycles. The summed E-state index contributed by atoms with van der Waals surface area (Å²) in [6.45, 7) is 0.842. The Morgan fingerprint density at radius 2 is 1.70 bits per heavy atom. The first-order chi connectivity index (χ1) is 12.9. The van der Waals surface area contributed by atoms with E-state index in [2.05, 4.69) is 16.2 Å². The molecule has 0 aromatic heterocycles. The summed E-state index contributed by atoms with van der Waals surface area (Å²) >= 11 is 0. The first-order valence-corrected chi connectivity index (χ1v) is 7.70. The zero-order valence-corrected chi connectivity index (χ0v) is 14.2. The molecule has 0 bridgehead atoms. The lowest BCUT2D eigenvalue weighted by Crippen LogP contribution is -2.43. The van der Waals surface area contributed by atoms with Crippen LogP contribution < -0.4 is 20.9 Å². The van der Waals surface area contributed by atoms with Gasteiger partial charge >= 0.3 is 5.69 Å². The second-order valence-electron chi connectivity index (χ2n) is 5.27. The van der Waals surface area contributed by atoms with Crippen LogP contribution in [0.5, 0.6) is 5.75 Å². The smallest absolute Gasteiger partial charge is 0.310 e. The third-order valence-electron chi connectivity index (χ3n) is 3.20. The first-order valence-electron chi connectivity index (χ1n) is 7.70. The highest BCUT2D eigenvalue weighted by Gasteiger charge is 2.15. The summed E-state index contributed by atoms with van der Waals surface area (Å²) in [6, 6.07) is 11.6. The SMILES string of the molecule is CC(=O)Nc1ccc(C(=O)NNC(=O)COc2ccccc2[N+](=O)[O-])cc1. The topological polar surface area (TPSA) is 140 Å². The summed E-state index contributed by atoms with van der Waals surface area (Å²) in [5.41, 5.74) is 4.85. The number of hydrazine groups is 1. The van der Waals surface area contributed by atoms with Crippen LogP contribution in [0.2, 0.25) is 0 Å². The maximum atomic E-state index is 12.0. The lowest BCUT2D eigenvalue weighted by atomic mass is 10.2. The summed E-state index contributed by atoms with van der Waals surface area (Å²) in [7, 11) is 0. The van der Waals surface area contributed by atoms with Crippen LogP contribution in [0.3, 0.4) is 0 Å². The number of hydrogen-bond acceptors (Lipinski definition) is 6. The average Bonchev–Trinajstić information content (AvgIpc) is 2.64. The number of carbonyl (C=O) groups excluding carboxylic acids is 3. The number of nitro groups is 1. The van der Waals surface area contributed by atoms with Gasteiger partial charge in [-0.1, -0.05) is 12.1 Å². The average molecular weight is 372 g/mol. The minimum Gasteiger partial charge on any atom is -0.477 e. The lowest BCUT2D eigenvalue weighted by Gasteiger charge is -2.09. The molecule has 2 aromatic carbocycles. The largest absolute Gasteiger partial charge is 0.477 e. The zero-order valence-electron chi connectivity index (χ0n) is 14.2. The molecule has 3 N–H and O–H groups in total. The Balaban J connectivity index is 1.84. The Bertz CT molecular complexity index is 866. The van der Waals surface area contributed by atoms with E-state index >= 15 is 0 Å². The van der Waals surface area contributed by atoms with Crippen molar-refractivity contribution in [1.29, 1.82) is 0 Å². The van der Waals surface area contributed by atoms with E-state index in [-0.39, 0.29) is 22.9 Å². The summed E-state index contributed by atoms with van der Waals surface area (Å²) in [6.07, 6.45) is 0. The number of carbonyl (C=O) groups is 3. The van der Waals surface area contributed by atoms with Crippen LogP contribution in [0.1, 0.15) is 17.3 Å². The molecule has 2 aromatic rings. The third-order valence-corrected chi connectivity index (χ3v) is 3.20. The van der Waals surface area contributed by atoms with Gasteiger partial charge in [0.25, 0.3) is 11.8 Å². The van der Waals surface area contributed by atoms with E-state index in [1.54, 1.807) is 0 Å². The van der Waals surface area contributed by atoms with E-state index in [1.807, 2.05) is 0 Å². The molecule has 0 atom stereocenters. The number of ether oxygens (including phenoxy) is 1. The fraction of sp³-hybridized carbons (Fsp3) is 0.118. The quantitative estimate of drug-likeness (QED) is 0.517. The van der Waals surface area contributed by atoms with Crippen LogP contribution >= 0.6 is 0 Å². The molecule has 0 aliphatic heterocycles. The van der Waals surface area contributed by atoms with Gasteiger partial charge in [0.2, 0.25) is 5.91 Å². The highest BCUT2D eigenvalue weighted by Crippen LogP contribution is 2.25. The molecule has 3 amide bonds. The number of nitro benzene ring substituents is 1. The second kappa shape index (κ2) is 8.94. The molecule has 10 nitrogen and oxygen atoms in total. The zero-order chi connectivity index (χ0) is 19.8. The number of hydrogen-bond donors (Lipinski definition) is 3. The predicted octanol–water partition coefficient (Wildman–Crippen LogP) is 1.39. The van der Waals surface area contributed by atoms with Crippen molar-refractivity contribution in [3.05, 3.63) is 64.2 Å². The standard InChI is InChI=1S/C17H16N4O6/c1-11(22)18-13-8-6-12(7-9-13)17(24)20-19-16(23)10-27-15-5-3-2-4-14(15)21(25)26/h2-9H,10H2,1H3,(H,18,22)(H,19,23)(H,20,24). The fourth-order valence-corrected chi connectivity index (χ4v) is 2.02. The van der Waals surface area contributed by atoms with E-state index in [0.29, 0.717) is 5.69 Å². The lowest BCUT2D eigenvalue weighted by molar-refractivity contribution is -0.385. The van der Waals surface area contributed by atoms with E-state index in [0.717, 1.165) is 0 Å². The van der Waals surface area contributed by atoms with Crippen LogP contribution in [0.25, 0.3) is 0 Å². The van der Waals surface area contributed by atoms with E-state index < -0.39 is 23.3 Å². The molecule has 0 unspecified atom stereocenters. The number of benzene rings is 2. The van der Waals surface area contributed by atoms with Crippen molar-refractivity contribution in [3.63, 3.8) is 0 Å². The third kappa shape index (κ3) is 5.81. The maximum absolute atomic E-state index is 12.0. The van der Waals surface area contributed by atoms with Crippen molar-refractivity contribution >= 4 is 29.1 Å². The Morgan fingerprint density at radius 1 is 1.04 bits per heavy atom. The monoisotopic (exact) mass is 372 g/mol. The Kier molecular flexibility index (Phi) is 6.42. The molecule has 10 heteroatoms. The Labute approximate surface area is 153 Å². The van der Waals surface area contributed by atoms with Crippen molar-refractivity contribution in [2.24, 2.45) is 0 Å². The van der Waals surface area contributed by atoms with Crippen LogP contribution in [-0.4, -0.2) is 29.3 Å². The number of nitrogens with zero attached hydrogens (tertiary/aromatic N) is 1. The molecule has 140 valence electrons. The Hall–Kier alpha value is -3.95. The molecule has 2 rings (SSSR count). The summed E-state index contributed by atoms with van der Waals surface area (Å²) in [5.74, 6) is -1.57. The van der Waals surface area contributed by atoms with Crippen LogP contribution in [0, 0.1) is 10.1 Å². The van der Waals surface area contributed by atoms with Gasteiger partial charge in [-0.15, -0.1) is 0 Å². The number of rotatable bonds is 6. The molecule has 0 radical (unpaired) electrons. The van der Waals surface area contributed by atoms with Crippen molar-refractivity contribution < 1.29 is 24.0 Å². The second-order valence-corrected chi connectivity index (χ2v) is 5.27. The van der Waals surface area contributed by atoms with Crippen molar-refractivity contribution in [3.8, 4) is 5.75 Å². The number of para-hydroxylation sites is 2. The fourth-order valence-electron chi connectivity index (χ4n) is 2.02. The van der Waals surface area contributed by atoms with Gasteiger partial charge < -0.3 is 10.1 Å². The van der Waals surface area contributed by atoms with Gasteiger partial charge in [0.15, 0.2) is 12.4 Å². The van der Waals surface area contributed by atoms with Crippen molar-refractivity contribution in [2.45, 2.75) is 6.92 Å². The minimum absolute atomic E-state index is 0.0578. The molecular formula is C17H16N4O6. The molecule has 0 fully saturated rings. The van der Waals surface area contributed by atoms with Crippen molar-refractivity contribution in [1.82, 2.24) is 10.9 Å². The Morgan fingerprint density at radius 3 is 2.33 bits per heavy atom. The molecule has 0 saturated carbocycles. The molecule has 0 spiro atoms. The van der Waals surface area contributed by atoms with E-state index in [1.165, 1.54) is 55.5 Å². The summed E-state index contributed by atoms with van der Waals surface area (Å²) in [4.78, 5) is 44.9. The van der Waals surface area contributed by atoms with Gasteiger partial charge in [0, 0.05) is 24.2 Å². The molecular weight excluding hydrogens is 356 g/mol. The van der Waals surface area contributed by atoms with E-state index in [4.69, 9.17) is 4.74 Å². The highest BCUT2D eigenvalue weighted by atomic mass is 16.6. The molecule has 0 aliphatic carbocycles. The molecule has 27 heavy (non-hydrogen) atoms. The molecule has 0 aliphatic rings. The first kappa shape index (κ1) is 19.4. The van der Waals surface area contributed by atoms with Crippen LogP contribution in [0.4, 0.5) is 11.4 Å². The summed E-state index contributed by atoms with van der Waals surface area (Å²) < 4.78 is 5.11. The number of amides is 3. The van der Waals surface area contributed by atoms with Gasteiger partial charge in [0.1, 0.15) is 0 Å². The predicted molar refractivity (Wildman–Crippen MR) is 94.9 cm³/mol. The van der Waals surface area contributed by atoms with Gasteiger partial charge in [-0.2, -0.15) is 0 Å². The van der Waals surface area contributed by atoms with Crippen LogP contribution in [0.15, 0.2) is 48.5 Å². The van der Waals surface area contributed by atoms with Gasteiger partial charge in [-0.05, 0) is 30.3 Å². The van der Waals surface area contributed by atoms with Crippen LogP contribution in [-0.2, 0) is 9.59 Å². The van der Waals surface area contributed by atoms with Crippen molar-refractivity contribution in [2.75, 3.05) is 11.9 Å². The number of anilines is 1. The molecule has 0 heterocycles. The number of nitrogens with one attached hydrogen (secondary N) is 3. The summed E-state index contributed by atoms with van der Waals surface area (Å²) in [5, 5.41) is 13.4.